The minimum absolute atomic E-state index is 0.00979. The summed E-state index contributed by atoms with van der Waals surface area (Å²) in [6.07, 6.45) is 0. The highest BCUT2D eigenvalue weighted by atomic mass is 35.5. The van der Waals surface area contributed by atoms with Crippen LogP contribution >= 0.6 is 11.6 Å². The molecule has 1 aromatic carbocycles. The average Bonchev–Trinajstić information content (AvgIpc) is 2.76. The van der Waals surface area contributed by atoms with E-state index in [9.17, 15) is 14.0 Å². The molecule has 0 unspecified atom stereocenters. The molecule has 3 amide bonds. The second-order valence-electron chi connectivity index (χ2n) is 5.85. The number of carbonyl (C=O) groups is 2. The molecular weight excluding hydrogens is 309 g/mol. The van der Waals surface area contributed by atoms with E-state index < -0.39 is 11.9 Å². The molecular formula is C15H17ClFN3O2. The molecule has 5 nitrogen and oxygen atoms in total. The number of urea groups is 1. The molecule has 3 rings (SSSR count). The summed E-state index contributed by atoms with van der Waals surface area (Å²) < 4.78 is 13.1. The highest BCUT2D eigenvalue weighted by Gasteiger charge is 2.46. The molecule has 2 atom stereocenters. The summed E-state index contributed by atoms with van der Waals surface area (Å²) in [6, 6.07) is 3.52. The van der Waals surface area contributed by atoms with E-state index in [4.69, 9.17) is 11.6 Å². The van der Waals surface area contributed by atoms with E-state index in [0.29, 0.717) is 30.2 Å². The van der Waals surface area contributed by atoms with Gasteiger partial charge in [-0.25, -0.2) is 9.18 Å². The van der Waals surface area contributed by atoms with Crippen LogP contribution in [0.2, 0.25) is 5.02 Å². The van der Waals surface area contributed by atoms with Crippen molar-refractivity contribution >= 4 is 23.5 Å². The van der Waals surface area contributed by atoms with Crippen molar-refractivity contribution in [1.29, 1.82) is 0 Å². The van der Waals surface area contributed by atoms with Gasteiger partial charge in [0.25, 0.3) is 0 Å². The number of hydrogen-bond donors (Lipinski definition) is 0. The maximum atomic E-state index is 13.1. The quantitative estimate of drug-likeness (QED) is 0.834. The van der Waals surface area contributed by atoms with Crippen molar-refractivity contribution in [2.75, 3.05) is 20.1 Å². The molecule has 2 aliphatic rings. The summed E-state index contributed by atoms with van der Waals surface area (Å²) in [5, 5.41) is 0.305. The minimum atomic E-state index is -0.454. The first kappa shape index (κ1) is 15.1. The highest BCUT2D eigenvalue weighted by molar-refractivity contribution is 6.31. The third kappa shape index (κ3) is 2.41. The number of hydrogen-bond acceptors (Lipinski definition) is 2. The Morgan fingerprint density at radius 2 is 2.05 bits per heavy atom. The molecule has 0 bridgehead atoms. The van der Waals surface area contributed by atoms with Crippen molar-refractivity contribution in [3.63, 3.8) is 0 Å². The number of benzene rings is 1. The summed E-state index contributed by atoms with van der Waals surface area (Å²) in [7, 11) is 1.75. The van der Waals surface area contributed by atoms with Crippen LogP contribution in [0.5, 0.6) is 0 Å². The van der Waals surface area contributed by atoms with E-state index >= 15 is 0 Å². The number of amides is 3. The van der Waals surface area contributed by atoms with Crippen LogP contribution in [0.4, 0.5) is 9.18 Å². The lowest BCUT2D eigenvalue weighted by Gasteiger charge is -2.38. The summed E-state index contributed by atoms with van der Waals surface area (Å²) in [5.41, 5.74) is 0.698. The van der Waals surface area contributed by atoms with Gasteiger partial charge in [0.15, 0.2) is 0 Å². The van der Waals surface area contributed by atoms with E-state index in [1.54, 1.807) is 34.7 Å². The summed E-state index contributed by atoms with van der Waals surface area (Å²) in [4.78, 5) is 29.5. The molecule has 2 saturated heterocycles. The van der Waals surface area contributed by atoms with Gasteiger partial charge in [-0.1, -0.05) is 17.7 Å². The first-order valence-electron chi connectivity index (χ1n) is 7.14. The molecule has 0 spiro atoms. The first-order chi connectivity index (χ1) is 10.4. The maximum absolute atomic E-state index is 13.1. The van der Waals surface area contributed by atoms with Crippen molar-refractivity contribution in [3.05, 3.63) is 34.6 Å². The maximum Gasteiger partial charge on any atom is 0.321 e. The van der Waals surface area contributed by atoms with Crippen LogP contribution in [-0.4, -0.2) is 58.9 Å². The Kier molecular flexibility index (Phi) is 3.72. The molecule has 22 heavy (non-hydrogen) atoms. The van der Waals surface area contributed by atoms with Crippen LogP contribution < -0.4 is 0 Å². The smallest absolute Gasteiger partial charge is 0.321 e. The summed E-state index contributed by atoms with van der Waals surface area (Å²) in [6.45, 7) is 3.13. The number of likely N-dealkylation sites (N-methyl/N-ethyl adjacent to an activating group) is 1. The lowest BCUT2D eigenvalue weighted by atomic mass is 10.1. The Labute approximate surface area is 133 Å². The van der Waals surface area contributed by atoms with Gasteiger partial charge in [0.2, 0.25) is 5.91 Å². The Hall–Kier alpha value is -1.82. The zero-order valence-corrected chi connectivity index (χ0v) is 13.2. The average molecular weight is 326 g/mol. The van der Waals surface area contributed by atoms with E-state index in [0.717, 1.165) is 0 Å². The monoisotopic (exact) mass is 325 g/mol. The molecule has 1 aromatic rings. The van der Waals surface area contributed by atoms with Gasteiger partial charge in [-0.15, -0.1) is 0 Å². The molecule has 0 aliphatic carbocycles. The molecule has 0 radical (unpaired) electrons. The van der Waals surface area contributed by atoms with Gasteiger partial charge in [-0.05, 0) is 24.6 Å². The number of nitrogens with zero attached hydrogens (tertiary/aromatic N) is 3. The van der Waals surface area contributed by atoms with Crippen LogP contribution in [0.25, 0.3) is 0 Å². The number of piperazine rings is 1. The van der Waals surface area contributed by atoms with Crippen molar-refractivity contribution in [2.24, 2.45) is 0 Å². The molecule has 0 N–H and O–H groups in total. The highest BCUT2D eigenvalue weighted by Crippen LogP contribution is 2.27. The molecule has 0 aromatic heterocycles. The second kappa shape index (κ2) is 5.43. The van der Waals surface area contributed by atoms with E-state index in [2.05, 4.69) is 0 Å². The van der Waals surface area contributed by atoms with Crippen LogP contribution in [0.1, 0.15) is 12.5 Å². The molecule has 2 aliphatic heterocycles. The summed E-state index contributed by atoms with van der Waals surface area (Å²) >= 11 is 6.03. The first-order valence-corrected chi connectivity index (χ1v) is 7.52. The van der Waals surface area contributed by atoms with Gasteiger partial charge in [0.1, 0.15) is 11.9 Å². The lowest BCUT2D eigenvalue weighted by Crippen LogP contribution is -2.58. The largest absolute Gasteiger partial charge is 0.342 e. The topological polar surface area (TPSA) is 43.9 Å². The minimum Gasteiger partial charge on any atom is -0.342 e. The van der Waals surface area contributed by atoms with Gasteiger partial charge in [-0.3, -0.25) is 4.79 Å². The van der Waals surface area contributed by atoms with E-state index in [1.165, 1.54) is 12.1 Å². The third-order valence-corrected chi connectivity index (χ3v) is 4.68. The fourth-order valence-corrected chi connectivity index (χ4v) is 3.43. The zero-order chi connectivity index (χ0) is 16.0. The van der Waals surface area contributed by atoms with E-state index in [-0.39, 0.29) is 18.0 Å². The number of carbonyl (C=O) groups excluding carboxylic acids is 2. The molecule has 118 valence electrons. The number of rotatable bonds is 2. The Balaban J connectivity index is 1.80. The Morgan fingerprint density at radius 3 is 2.73 bits per heavy atom. The van der Waals surface area contributed by atoms with E-state index in [1.807, 2.05) is 0 Å². The zero-order valence-electron chi connectivity index (χ0n) is 12.4. The fourth-order valence-electron chi connectivity index (χ4n) is 3.20. The van der Waals surface area contributed by atoms with Crippen molar-refractivity contribution in [1.82, 2.24) is 14.7 Å². The molecule has 7 heteroatoms. The van der Waals surface area contributed by atoms with Gasteiger partial charge in [0, 0.05) is 31.7 Å². The standard InChI is InChI=1S/C15H17ClFN3O2/c1-9-14(21)18(2)7-12-8-19(15(22)20(9)12)6-10-3-4-11(17)5-13(10)16/h3-5,9,12H,6-8H2,1-2H3/t9-,12+/m0/s1. The summed E-state index contributed by atoms with van der Waals surface area (Å²) in [5.74, 6) is -0.453. The second-order valence-corrected chi connectivity index (χ2v) is 6.26. The van der Waals surface area contributed by atoms with Gasteiger partial charge >= 0.3 is 6.03 Å². The third-order valence-electron chi connectivity index (χ3n) is 4.33. The van der Waals surface area contributed by atoms with Gasteiger partial charge in [-0.2, -0.15) is 0 Å². The van der Waals surface area contributed by atoms with Crippen molar-refractivity contribution < 1.29 is 14.0 Å². The van der Waals surface area contributed by atoms with Gasteiger partial charge < -0.3 is 14.7 Å². The lowest BCUT2D eigenvalue weighted by molar-refractivity contribution is -0.139. The molecule has 0 saturated carbocycles. The SMILES string of the molecule is C[C@H]1C(=O)N(C)C[C@@H]2CN(Cc3ccc(F)cc3Cl)C(=O)N21. The van der Waals surface area contributed by atoms with Crippen LogP contribution in [0, 0.1) is 5.82 Å². The fraction of sp³-hybridized carbons (Fsp3) is 0.467. The normalized spacial score (nSPS) is 25.0. The van der Waals surface area contributed by atoms with Crippen LogP contribution in [0.3, 0.4) is 0 Å². The predicted octanol–water partition coefficient (Wildman–Crippen LogP) is 1.95. The Bertz CT molecular complexity index is 639. The number of fused-ring (bicyclic) bond motifs is 1. The van der Waals surface area contributed by atoms with Crippen molar-refractivity contribution in [3.8, 4) is 0 Å². The van der Waals surface area contributed by atoms with Crippen molar-refractivity contribution in [2.45, 2.75) is 25.6 Å². The predicted molar refractivity (Wildman–Crippen MR) is 79.9 cm³/mol. The van der Waals surface area contributed by atoms with Crippen LogP contribution in [-0.2, 0) is 11.3 Å². The van der Waals surface area contributed by atoms with Gasteiger partial charge in [0.05, 0.1) is 6.04 Å². The number of halogens is 2. The Morgan fingerprint density at radius 1 is 1.32 bits per heavy atom. The van der Waals surface area contributed by atoms with Crippen LogP contribution in [0.15, 0.2) is 18.2 Å². The molecule has 2 fully saturated rings. The molecule has 2 heterocycles.